The van der Waals surface area contributed by atoms with E-state index in [1.807, 2.05) is 0 Å². The van der Waals surface area contributed by atoms with Crippen molar-refractivity contribution in [3.05, 3.63) is 97.2 Å². The van der Waals surface area contributed by atoms with Crippen LogP contribution in [0.25, 0.3) is 0 Å². The third-order valence-electron chi connectivity index (χ3n) is 12.0. The second kappa shape index (κ2) is 56.9. The molecule has 0 heterocycles. The SMILES string of the molecule is CC/C=C\C/C=C\C/C=C\C/C=C\CCCCC(=O)OCC(COC(=O)CCCCCCCC/C=C\C/C=C\C/C=C\CCCCC)OC(=O)CCCCCCCCC/C=C\CCCCCCCC. The number of esters is 3. The van der Waals surface area contributed by atoms with E-state index in [1.54, 1.807) is 0 Å². The Kier molecular flexibility index (Phi) is 53.9. The van der Waals surface area contributed by atoms with Gasteiger partial charge in [-0.05, 0) is 122 Å². The summed E-state index contributed by atoms with van der Waals surface area (Å²) in [5, 5.41) is 0. The largest absolute Gasteiger partial charge is 0.462 e. The van der Waals surface area contributed by atoms with Crippen LogP contribution in [-0.2, 0) is 28.6 Å². The zero-order valence-electron chi connectivity index (χ0n) is 45.0. The Bertz CT molecular complexity index is 1380. The zero-order valence-corrected chi connectivity index (χ0v) is 45.0. The highest BCUT2D eigenvalue weighted by atomic mass is 16.6. The minimum Gasteiger partial charge on any atom is -0.462 e. The van der Waals surface area contributed by atoms with Gasteiger partial charge < -0.3 is 14.2 Å². The Morgan fingerprint density at radius 1 is 0.304 bits per heavy atom. The minimum absolute atomic E-state index is 0.0998. The number of rotatable bonds is 51. The van der Waals surface area contributed by atoms with E-state index in [-0.39, 0.29) is 31.1 Å². The number of allylic oxidation sites excluding steroid dienone is 16. The van der Waals surface area contributed by atoms with E-state index in [0.29, 0.717) is 19.3 Å². The predicted molar refractivity (Wildman–Crippen MR) is 297 cm³/mol. The number of ether oxygens (including phenoxy) is 3. The Balaban J connectivity index is 4.47. The van der Waals surface area contributed by atoms with Gasteiger partial charge >= 0.3 is 17.9 Å². The Labute approximate surface area is 426 Å². The molecule has 0 amide bonds. The third-order valence-corrected chi connectivity index (χ3v) is 12.0. The molecule has 0 aliphatic carbocycles. The van der Waals surface area contributed by atoms with Gasteiger partial charge in [-0.1, -0.05) is 221 Å². The Hall–Kier alpha value is -3.67. The molecule has 0 radical (unpaired) electrons. The van der Waals surface area contributed by atoms with Gasteiger partial charge in [-0.3, -0.25) is 14.4 Å². The number of hydrogen-bond acceptors (Lipinski definition) is 6. The van der Waals surface area contributed by atoms with Crippen molar-refractivity contribution in [3.63, 3.8) is 0 Å². The lowest BCUT2D eigenvalue weighted by Crippen LogP contribution is -2.30. The second-order valence-corrected chi connectivity index (χ2v) is 18.8. The van der Waals surface area contributed by atoms with E-state index < -0.39 is 6.10 Å². The van der Waals surface area contributed by atoms with Crippen LogP contribution in [-0.4, -0.2) is 37.2 Å². The fourth-order valence-corrected chi connectivity index (χ4v) is 7.73. The molecule has 69 heavy (non-hydrogen) atoms. The number of hydrogen-bond donors (Lipinski definition) is 0. The highest BCUT2D eigenvalue weighted by molar-refractivity contribution is 5.71. The summed E-state index contributed by atoms with van der Waals surface area (Å²) >= 11 is 0. The van der Waals surface area contributed by atoms with Crippen LogP contribution >= 0.6 is 0 Å². The Morgan fingerprint density at radius 2 is 0.565 bits per heavy atom. The molecule has 6 heteroatoms. The van der Waals surface area contributed by atoms with Crippen molar-refractivity contribution in [2.75, 3.05) is 13.2 Å². The monoisotopic (exact) mass is 959 g/mol. The highest BCUT2D eigenvalue weighted by Crippen LogP contribution is 2.14. The first-order valence-electron chi connectivity index (χ1n) is 28.7. The van der Waals surface area contributed by atoms with E-state index in [9.17, 15) is 14.4 Å². The van der Waals surface area contributed by atoms with Gasteiger partial charge in [-0.15, -0.1) is 0 Å². The molecule has 0 aliphatic heterocycles. The maximum absolute atomic E-state index is 12.9. The first-order chi connectivity index (χ1) is 34.0. The third kappa shape index (κ3) is 55.1. The molecule has 1 atom stereocenters. The molecule has 394 valence electrons. The minimum atomic E-state index is -0.804. The molecule has 0 saturated heterocycles. The summed E-state index contributed by atoms with van der Waals surface area (Å²) in [6.45, 7) is 6.45. The smallest absolute Gasteiger partial charge is 0.306 e. The van der Waals surface area contributed by atoms with Crippen molar-refractivity contribution < 1.29 is 28.6 Å². The summed E-state index contributed by atoms with van der Waals surface area (Å²) in [4.78, 5) is 38.2. The van der Waals surface area contributed by atoms with Gasteiger partial charge in [-0.2, -0.15) is 0 Å². The van der Waals surface area contributed by atoms with E-state index in [1.165, 1.54) is 122 Å². The van der Waals surface area contributed by atoms with Crippen LogP contribution in [0.2, 0.25) is 0 Å². The van der Waals surface area contributed by atoms with Gasteiger partial charge in [0.1, 0.15) is 13.2 Å². The molecular formula is C63H106O6. The molecule has 0 saturated carbocycles. The van der Waals surface area contributed by atoms with E-state index in [4.69, 9.17) is 14.2 Å². The van der Waals surface area contributed by atoms with Gasteiger partial charge in [-0.25, -0.2) is 0 Å². The van der Waals surface area contributed by atoms with Crippen LogP contribution in [0.1, 0.15) is 265 Å². The van der Waals surface area contributed by atoms with Crippen LogP contribution < -0.4 is 0 Å². The van der Waals surface area contributed by atoms with Gasteiger partial charge in [0.05, 0.1) is 0 Å². The van der Waals surface area contributed by atoms with Crippen molar-refractivity contribution in [2.24, 2.45) is 0 Å². The molecule has 1 unspecified atom stereocenters. The quantitative estimate of drug-likeness (QED) is 0.0262. The molecule has 0 spiro atoms. The summed E-state index contributed by atoms with van der Waals surface area (Å²) < 4.78 is 16.8. The number of carbonyl (C=O) groups excluding carboxylic acids is 3. The van der Waals surface area contributed by atoms with Crippen molar-refractivity contribution >= 4 is 17.9 Å². The predicted octanol–water partition coefficient (Wildman–Crippen LogP) is 19.3. The summed E-state index contributed by atoms with van der Waals surface area (Å²) in [7, 11) is 0. The van der Waals surface area contributed by atoms with Gasteiger partial charge in [0.2, 0.25) is 0 Å². The first-order valence-corrected chi connectivity index (χ1v) is 28.7. The lowest BCUT2D eigenvalue weighted by Gasteiger charge is -2.18. The number of unbranched alkanes of at least 4 members (excludes halogenated alkanes) is 24. The second-order valence-electron chi connectivity index (χ2n) is 18.8. The summed E-state index contributed by atoms with van der Waals surface area (Å²) in [6, 6.07) is 0. The molecule has 0 aromatic heterocycles. The molecule has 0 fully saturated rings. The van der Waals surface area contributed by atoms with Crippen molar-refractivity contribution in [2.45, 2.75) is 271 Å². The summed E-state index contributed by atoms with van der Waals surface area (Å²) in [5.74, 6) is -0.956. The topological polar surface area (TPSA) is 78.9 Å². The van der Waals surface area contributed by atoms with Gasteiger partial charge in [0.25, 0.3) is 0 Å². The van der Waals surface area contributed by atoms with Crippen LogP contribution in [0.5, 0.6) is 0 Å². The summed E-state index contributed by atoms with van der Waals surface area (Å²) in [6.07, 6.45) is 75.4. The van der Waals surface area contributed by atoms with Crippen LogP contribution in [0.15, 0.2) is 97.2 Å². The zero-order chi connectivity index (χ0) is 50.0. The van der Waals surface area contributed by atoms with Crippen molar-refractivity contribution in [1.82, 2.24) is 0 Å². The standard InChI is InChI=1S/C63H106O6/c1-4-7-10-13-16-19-22-25-28-30-31-33-35-38-41-44-47-50-53-56-62(65)68-59-60(58-67-61(64)55-52-49-46-43-40-37-34-27-24-21-18-15-12-9-6-3)69-63(66)57-54-51-48-45-42-39-36-32-29-26-23-20-17-14-11-8-5-2/h9,12,16,18-19,21,25-29,31,33-34,40,43,60H,4-8,10-11,13-15,17,20,22-24,30,32,35-39,41-42,44-59H2,1-3H3/b12-9-,19-16-,21-18-,28-25-,29-26-,33-31-,34-27-,43-40-. The molecular weight excluding hydrogens is 853 g/mol. The van der Waals surface area contributed by atoms with Crippen molar-refractivity contribution in [1.29, 1.82) is 0 Å². The normalized spacial score (nSPS) is 12.8. The maximum Gasteiger partial charge on any atom is 0.306 e. The first kappa shape index (κ1) is 65.3. The number of carbonyl (C=O) groups is 3. The van der Waals surface area contributed by atoms with E-state index in [2.05, 4.69) is 118 Å². The average molecular weight is 960 g/mol. The highest BCUT2D eigenvalue weighted by Gasteiger charge is 2.19. The molecule has 0 bridgehead atoms. The van der Waals surface area contributed by atoms with Crippen molar-refractivity contribution in [3.8, 4) is 0 Å². The Morgan fingerprint density at radius 3 is 0.957 bits per heavy atom. The van der Waals surface area contributed by atoms with E-state index in [0.717, 1.165) is 103 Å². The fraction of sp³-hybridized carbons (Fsp3) is 0.698. The average Bonchev–Trinajstić information content (AvgIpc) is 3.35. The van der Waals surface area contributed by atoms with Crippen LogP contribution in [0, 0.1) is 0 Å². The van der Waals surface area contributed by atoms with Gasteiger partial charge in [0.15, 0.2) is 6.10 Å². The molecule has 0 N–H and O–H groups in total. The van der Waals surface area contributed by atoms with Gasteiger partial charge in [0, 0.05) is 19.3 Å². The lowest BCUT2D eigenvalue weighted by atomic mass is 10.1. The fourth-order valence-electron chi connectivity index (χ4n) is 7.73. The molecule has 0 aromatic rings. The molecule has 0 rings (SSSR count). The van der Waals surface area contributed by atoms with E-state index >= 15 is 0 Å². The lowest BCUT2D eigenvalue weighted by molar-refractivity contribution is -0.167. The molecule has 0 aromatic carbocycles. The molecule has 6 nitrogen and oxygen atoms in total. The van der Waals surface area contributed by atoms with Crippen LogP contribution in [0.3, 0.4) is 0 Å². The summed E-state index contributed by atoms with van der Waals surface area (Å²) in [5.41, 5.74) is 0. The molecule has 0 aliphatic rings. The maximum atomic E-state index is 12.9. The van der Waals surface area contributed by atoms with Crippen LogP contribution in [0.4, 0.5) is 0 Å².